The maximum atomic E-state index is 12.2. The summed E-state index contributed by atoms with van der Waals surface area (Å²) in [5.41, 5.74) is 4.29. The second kappa shape index (κ2) is 6.40. The molecule has 0 aliphatic rings. The van der Waals surface area contributed by atoms with Crippen LogP contribution in [0.15, 0.2) is 48.5 Å². The van der Waals surface area contributed by atoms with Crippen molar-refractivity contribution < 1.29 is 4.79 Å². The summed E-state index contributed by atoms with van der Waals surface area (Å²) in [4.78, 5) is 12.2. The fraction of sp³-hybridized carbons (Fsp3) is 0.316. The van der Waals surface area contributed by atoms with Crippen molar-refractivity contribution in [3.8, 4) is 11.1 Å². The van der Waals surface area contributed by atoms with E-state index in [0.717, 1.165) is 23.1 Å². The van der Waals surface area contributed by atoms with Gasteiger partial charge < -0.3 is 0 Å². The Labute approximate surface area is 129 Å². The van der Waals surface area contributed by atoms with Crippen LogP contribution in [0.2, 0.25) is 25.7 Å². The van der Waals surface area contributed by atoms with E-state index in [1.807, 2.05) is 18.2 Å². The molecule has 0 aliphatic heterocycles. The van der Waals surface area contributed by atoms with E-state index < -0.39 is 8.07 Å². The largest absolute Gasteiger partial charge is 0.294 e. The van der Waals surface area contributed by atoms with Crippen molar-refractivity contribution in [2.24, 2.45) is 0 Å². The van der Waals surface area contributed by atoms with Crippen LogP contribution in [0.1, 0.15) is 22.8 Å². The van der Waals surface area contributed by atoms with Crippen molar-refractivity contribution in [2.75, 3.05) is 0 Å². The van der Waals surface area contributed by atoms with E-state index >= 15 is 0 Å². The lowest BCUT2D eigenvalue weighted by atomic mass is 9.92. The average Bonchev–Trinajstić information content (AvgIpc) is 2.44. The molecule has 2 aromatic rings. The molecule has 0 bridgehead atoms. The van der Waals surface area contributed by atoms with Crippen molar-refractivity contribution in [3.05, 3.63) is 59.7 Å². The minimum atomic E-state index is -1.11. The zero-order chi connectivity index (χ0) is 15.5. The van der Waals surface area contributed by atoms with Crippen LogP contribution in [0.25, 0.3) is 11.1 Å². The number of rotatable bonds is 5. The lowest BCUT2D eigenvalue weighted by Gasteiger charge is -2.18. The van der Waals surface area contributed by atoms with Crippen molar-refractivity contribution in [1.82, 2.24) is 0 Å². The topological polar surface area (TPSA) is 17.1 Å². The molecule has 110 valence electrons. The first-order chi connectivity index (χ1) is 9.88. The molecule has 2 heteroatoms. The smallest absolute Gasteiger partial charge is 0.160 e. The Morgan fingerprint density at radius 3 is 2.19 bits per heavy atom. The van der Waals surface area contributed by atoms with Gasteiger partial charge in [-0.25, -0.2) is 0 Å². The SMILES string of the molecule is CC(=O)c1c(CC[Si](C)(C)C)cccc1-c1ccccc1. The molecule has 2 rings (SSSR count). The van der Waals surface area contributed by atoms with E-state index in [-0.39, 0.29) is 5.78 Å². The number of hydrogen-bond donors (Lipinski definition) is 0. The maximum absolute atomic E-state index is 12.2. The monoisotopic (exact) mass is 296 g/mol. The zero-order valence-corrected chi connectivity index (χ0v) is 14.4. The summed E-state index contributed by atoms with van der Waals surface area (Å²) in [7, 11) is -1.11. The molecule has 0 atom stereocenters. The molecule has 0 spiro atoms. The second-order valence-electron chi connectivity index (χ2n) is 6.82. The normalized spacial score (nSPS) is 11.4. The first-order valence-corrected chi connectivity index (χ1v) is 11.3. The quantitative estimate of drug-likeness (QED) is 0.530. The van der Waals surface area contributed by atoms with Crippen LogP contribution in [-0.2, 0) is 6.42 Å². The predicted molar refractivity (Wildman–Crippen MR) is 93.7 cm³/mol. The van der Waals surface area contributed by atoms with Gasteiger partial charge in [0, 0.05) is 13.6 Å². The zero-order valence-electron chi connectivity index (χ0n) is 13.4. The van der Waals surface area contributed by atoms with Gasteiger partial charge in [-0.2, -0.15) is 0 Å². The van der Waals surface area contributed by atoms with Gasteiger partial charge in [0.1, 0.15) is 0 Å². The molecule has 0 amide bonds. The fourth-order valence-corrected chi connectivity index (χ4v) is 3.61. The molecule has 0 aliphatic carbocycles. The Hall–Kier alpha value is -1.67. The van der Waals surface area contributed by atoms with Gasteiger partial charge in [0.2, 0.25) is 0 Å². The van der Waals surface area contributed by atoms with Gasteiger partial charge in [-0.3, -0.25) is 4.79 Å². The summed E-state index contributed by atoms with van der Waals surface area (Å²) in [6.45, 7) is 8.81. The summed E-state index contributed by atoms with van der Waals surface area (Å²) in [6.07, 6.45) is 1.01. The summed E-state index contributed by atoms with van der Waals surface area (Å²) < 4.78 is 0. The van der Waals surface area contributed by atoms with Crippen molar-refractivity contribution >= 4 is 13.9 Å². The van der Waals surface area contributed by atoms with Crippen LogP contribution in [0.4, 0.5) is 0 Å². The summed E-state index contributed by atoms with van der Waals surface area (Å²) >= 11 is 0. The highest BCUT2D eigenvalue weighted by Gasteiger charge is 2.17. The molecule has 1 nitrogen and oxygen atoms in total. The molecule has 0 saturated carbocycles. The average molecular weight is 296 g/mol. The molecule has 0 N–H and O–H groups in total. The molecule has 0 fully saturated rings. The number of hydrogen-bond acceptors (Lipinski definition) is 1. The van der Waals surface area contributed by atoms with Gasteiger partial charge in [-0.05, 0) is 30.0 Å². The van der Waals surface area contributed by atoms with E-state index in [4.69, 9.17) is 0 Å². The van der Waals surface area contributed by atoms with Gasteiger partial charge in [0.05, 0.1) is 0 Å². The standard InChI is InChI=1S/C19H24OSi/c1-15(20)19-17(13-14-21(2,3)4)11-8-12-18(19)16-9-6-5-7-10-16/h5-12H,13-14H2,1-4H3. The number of Topliss-reactive ketones (excluding diaryl/α,β-unsaturated/α-hetero) is 1. The summed E-state index contributed by atoms with van der Waals surface area (Å²) in [5, 5.41) is 0. The van der Waals surface area contributed by atoms with Gasteiger partial charge in [0.25, 0.3) is 0 Å². The van der Waals surface area contributed by atoms with Gasteiger partial charge >= 0.3 is 0 Å². The molecular weight excluding hydrogens is 272 g/mol. The molecule has 0 unspecified atom stereocenters. The third-order valence-corrected chi connectivity index (χ3v) is 5.48. The third kappa shape index (κ3) is 4.15. The van der Waals surface area contributed by atoms with Gasteiger partial charge in [0.15, 0.2) is 5.78 Å². The Bertz CT molecular complexity index is 624. The van der Waals surface area contributed by atoms with Crippen LogP contribution < -0.4 is 0 Å². The molecule has 2 aromatic carbocycles. The first kappa shape index (κ1) is 15.7. The second-order valence-corrected chi connectivity index (χ2v) is 12.4. The number of ketones is 1. The van der Waals surface area contributed by atoms with Crippen LogP contribution >= 0.6 is 0 Å². The first-order valence-electron chi connectivity index (χ1n) is 7.57. The number of aryl methyl sites for hydroxylation is 1. The molecule has 0 radical (unpaired) electrons. The molecule has 0 heterocycles. The third-order valence-electron chi connectivity index (χ3n) is 3.73. The van der Waals surface area contributed by atoms with Crippen LogP contribution in [-0.4, -0.2) is 13.9 Å². The van der Waals surface area contributed by atoms with Crippen LogP contribution in [0, 0.1) is 0 Å². The maximum Gasteiger partial charge on any atom is 0.160 e. The van der Waals surface area contributed by atoms with Gasteiger partial charge in [-0.15, -0.1) is 0 Å². The molecule has 0 aromatic heterocycles. The van der Waals surface area contributed by atoms with Crippen molar-refractivity contribution in [3.63, 3.8) is 0 Å². The Balaban J connectivity index is 2.45. The fourth-order valence-electron chi connectivity index (χ4n) is 2.59. The Kier molecular flexibility index (Phi) is 4.79. The number of carbonyl (C=O) groups is 1. The summed E-state index contributed by atoms with van der Waals surface area (Å²) in [5.74, 6) is 0.167. The minimum absolute atomic E-state index is 0.167. The molecular formula is C19H24OSi. The highest BCUT2D eigenvalue weighted by molar-refractivity contribution is 6.76. The lowest BCUT2D eigenvalue weighted by Crippen LogP contribution is -2.20. The van der Waals surface area contributed by atoms with Gasteiger partial charge in [-0.1, -0.05) is 74.2 Å². The van der Waals surface area contributed by atoms with Crippen LogP contribution in [0.5, 0.6) is 0 Å². The van der Waals surface area contributed by atoms with E-state index in [2.05, 4.69) is 50.0 Å². The Morgan fingerprint density at radius 1 is 0.952 bits per heavy atom. The van der Waals surface area contributed by atoms with Crippen molar-refractivity contribution in [1.29, 1.82) is 0 Å². The number of carbonyl (C=O) groups excluding carboxylic acids is 1. The van der Waals surface area contributed by atoms with E-state index in [0.29, 0.717) is 0 Å². The van der Waals surface area contributed by atoms with Crippen molar-refractivity contribution in [2.45, 2.75) is 39.0 Å². The Morgan fingerprint density at radius 2 is 1.62 bits per heavy atom. The minimum Gasteiger partial charge on any atom is -0.294 e. The van der Waals surface area contributed by atoms with E-state index in [1.54, 1.807) is 6.92 Å². The highest BCUT2D eigenvalue weighted by Crippen LogP contribution is 2.28. The van der Waals surface area contributed by atoms with E-state index in [1.165, 1.54) is 11.6 Å². The molecule has 21 heavy (non-hydrogen) atoms. The summed E-state index contributed by atoms with van der Waals surface area (Å²) in [6, 6.07) is 17.7. The predicted octanol–water partition coefficient (Wildman–Crippen LogP) is 5.44. The van der Waals surface area contributed by atoms with Crippen LogP contribution in [0.3, 0.4) is 0 Å². The molecule has 0 saturated heterocycles. The van der Waals surface area contributed by atoms with E-state index in [9.17, 15) is 4.79 Å². The highest BCUT2D eigenvalue weighted by atomic mass is 28.3. The number of benzene rings is 2. The lowest BCUT2D eigenvalue weighted by molar-refractivity contribution is 0.101.